The first kappa shape index (κ1) is 31.5. The Morgan fingerprint density at radius 2 is 1.50 bits per heavy atom. The predicted molar refractivity (Wildman–Crippen MR) is 161 cm³/mol. The van der Waals surface area contributed by atoms with Crippen molar-refractivity contribution in [2.24, 2.45) is 5.92 Å². The van der Waals surface area contributed by atoms with Gasteiger partial charge in [-0.3, -0.25) is 9.63 Å². The number of benzene rings is 3. The SMILES string of the molecule is COC(CCc1ccccc1)(NOCc1ccccc1)[P+](=O)CC(C)C(=O)N1CCC[C@H]1C(=O)OCc1ccccc1. The van der Waals surface area contributed by atoms with Gasteiger partial charge in [0.05, 0.1) is 12.5 Å². The Morgan fingerprint density at radius 3 is 2.10 bits per heavy atom. The van der Waals surface area contributed by atoms with Crippen LogP contribution < -0.4 is 5.48 Å². The highest BCUT2D eigenvalue weighted by molar-refractivity contribution is 7.46. The lowest BCUT2D eigenvalue weighted by molar-refractivity contribution is -0.155. The topological polar surface area (TPSA) is 94.2 Å². The number of carbonyl (C=O) groups excluding carboxylic acids is 2. The molecule has 42 heavy (non-hydrogen) atoms. The summed E-state index contributed by atoms with van der Waals surface area (Å²) in [6.45, 7) is 2.64. The van der Waals surface area contributed by atoms with Crippen molar-refractivity contribution in [3.63, 3.8) is 0 Å². The molecule has 1 aliphatic heterocycles. The van der Waals surface area contributed by atoms with Gasteiger partial charge in [-0.1, -0.05) is 95.6 Å². The van der Waals surface area contributed by atoms with Crippen molar-refractivity contribution in [1.29, 1.82) is 0 Å². The molecule has 222 valence electrons. The zero-order valence-corrected chi connectivity index (χ0v) is 25.2. The van der Waals surface area contributed by atoms with Crippen LogP contribution in [0.15, 0.2) is 91.0 Å². The van der Waals surface area contributed by atoms with E-state index in [2.05, 4.69) is 5.48 Å². The van der Waals surface area contributed by atoms with Crippen molar-refractivity contribution in [3.8, 4) is 0 Å². The van der Waals surface area contributed by atoms with E-state index in [1.807, 2.05) is 91.0 Å². The molecule has 1 N–H and O–H groups in total. The first-order valence-corrected chi connectivity index (χ1v) is 15.8. The molecule has 0 bridgehead atoms. The molecule has 1 saturated heterocycles. The first-order valence-electron chi connectivity index (χ1n) is 14.4. The molecule has 3 aromatic rings. The number of nitrogens with zero attached hydrogens (tertiary/aromatic N) is 1. The number of rotatable bonds is 15. The summed E-state index contributed by atoms with van der Waals surface area (Å²) in [5, 5.41) is 0. The van der Waals surface area contributed by atoms with Gasteiger partial charge in [-0.05, 0) is 42.9 Å². The van der Waals surface area contributed by atoms with Gasteiger partial charge >= 0.3 is 19.2 Å². The van der Waals surface area contributed by atoms with Gasteiger partial charge in [0.2, 0.25) is 5.91 Å². The number of hydrogen-bond acceptors (Lipinski definition) is 7. The van der Waals surface area contributed by atoms with E-state index in [-0.39, 0.29) is 25.3 Å². The summed E-state index contributed by atoms with van der Waals surface area (Å²) in [5.41, 5.74) is 4.58. The second kappa shape index (κ2) is 15.7. The van der Waals surface area contributed by atoms with Crippen molar-refractivity contribution >= 4 is 19.7 Å². The Balaban J connectivity index is 1.40. The number of nitrogens with one attached hydrogen (secondary N) is 1. The van der Waals surface area contributed by atoms with E-state index < -0.39 is 31.2 Å². The third-order valence-electron chi connectivity index (χ3n) is 7.54. The third kappa shape index (κ3) is 8.55. The Kier molecular flexibility index (Phi) is 11.8. The number of methoxy groups -OCH3 is 1. The van der Waals surface area contributed by atoms with Crippen molar-refractivity contribution in [3.05, 3.63) is 108 Å². The molecule has 1 heterocycles. The molecule has 3 aromatic carbocycles. The monoisotopic (exact) mass is 591 g/mol. The number of hydrogen-bond donors (Lipinski definition) is 1. The van der Waals surface area contributed by atoms with E-state index in [9.17, 15) is 14.2 Å². The highest BCUT2D eigenvalue weighted by Crippen LogP contribution is 2.43. The van der Waals surface area contributed by atoms with E-state index in [4.69, 9.17) is 14.3 Å². The summed E-state index contributed by atoms with van der Waals surface area (Å²) >= 11 is 0. The molecule has 1 amide bonds. The summed E-state index contributed by atoms with van der Waals surface area (Å²) < 4.78 is 25.4. The van der Waals surface area contributed by atoms with Crippen LogP contribution >= 0.6 is 7.80 Å². The third-order valence-corrected chi connectivity index (χ3v) is 9.72. The van der Waals surface area contributed by atoms with Gasteiger partial charge in [0, 0.05) is 20.1 Å². The highest BCUT2D eigenvalue weighted by atomic mass is 31.1. The molecule has 9 heteroatoms. The number of hydroxylamine groups is 1. The minimum atomic E-state index is -2.13. The number of amides is 1. The van der Waals surface area contributed by atoms with Crippen LogP contribution in [0.4, 0.5) is 0 Å². The van der Waals surface area contributed by atoms with Crippen LogP contribution in [-0.4, -0.2) is 48.1 Å². The maximum absolute atomic E-state index is 14.0. The summed E-state index contributed by atoms with van der Waals surface area (Å²) in [6, 6.07) is 28.4. The van der Waals surface area contributed by atoms with Gasteiger partial charge in [-0.25, -0.2) is 4.79 Å². The Labute approximate surface area is 249 Å². The van der Waals surface area contributed by atoms with Gasteiger partial charge in [0.1, 0.15) is 12.6 Å². The highest BCUT2D eigenvalue weighted by Gasteiger charge is 2.52. The maximum Gasteiger partial charge on any atom is 0.393 e. The molecular weight excluding hydrogens is 551 g/mol. The van der Waals surface area contributed by atoms with Gasteiger partial charge in [0.15, 0.2) is 6.16 Å². The molecule has 3 unspecified atom stereocenters. The molecule has 4 atom stereocenters. The molecule has 4 rings (SSSR count). The van der Waals surface area contributed by atoms with E-state index in [1.165, 1.54) is 7.11 Å². The smallest absolute Gasteiger partial charge is 0.393 e. The lowest BCUT2D eigenvalue weighted by atomic mass is 10.1. The molecule has 0 saturated carbocycles. The summed E-state index contributed by atoms with van der Waals surface area (Å²) in [5.74, 6) is -1.22. The van der Waals surface area contributed by atoms with Crippen LogP contribution in [0, 0.1) is 5.92 Å². The summed E-state index contributed by atoms with van der Waals surface area (Å²) in [4.78, 5) is 33.9. The fourth-order valence-electron chi connectivity index (χ4n) is 5.09. The number of likely N-dealkylation sites (tertiary alicyclic amines) is 1. The first-order chi connectivity index (χ1) is 20.4. The van der Waals surface area contributed by atoms with Gasteiger partial charge in [-0.2, -0.15) is 0 Å². The van der Waals surface area contributed by atoms with Gasteiger partial charge < -0.3 is 14.4 Å². The second-order valence-corrected chi connectivity index (χ2v) is 12.4. The molecule has 8 nitrogen and oxygen atoms in total. The number of ether oxygens (including phenoxy) is 2. The van der Waals surface area contributed by atoms with E-state index in [0.717, 1.165) is 16.7 Å². The predicted octanol–water partition coefficient (Wildman–Crippen LogP) is 5.84. The van der Waals surface area contributed by atoms with Crippen LogP contribution in [-0.2, 0) is 48.1 Å². The van der Waals surface area contributed by atoms with Crippen LogP contribution in [0.5, 0.6) is 0 Å². The second-order valence-electron chi connectivity index (χ2n) is 10.6. The lowest BCUT2D eigenvalue weighted by Crippen LogP contribution is -2.47. The lowest BCUT2D eigenvalue weighted by Gasteiger charge is -2.27. The molecule has 0 aromatic heterocycles. The van der Waals surface area contributed by atoms with Gasteiger partial charge in [0.25, 0.3) is 0 Å². The van der Waals surface area contributed by atoms with Crippen molar-refractivity contribution < 1.29 is 28.5 Å². The maximum atomic E-state index is 14.0. The van der Waals surface area contributed by atoms with E-state index >= 15 is 0 Å². The Morgan fingerprint density at radius 1 is 0.929 bits per heavy atom. The van der Waals surface area contributed by atoms with Crippen LogP contribution in [0.2, 0.25) is 0 Å². The average Bonchev–Trinajstić information content (AvgIpc) is 3.53. The summed E-state index contributed by atoms with van der Waals surface area (Å²) in [7, 11) is -0.627. The molecule has 1 fully saturated rings. The Hall–Kier alpha value is -3.42. The standard InChI is InChI=1S/C33H40N2O6P/c1-26(31(36)35-22-12-19-30(35)32(37)40-23-28-15-8-4-9-16-28)25-42(38)33(39-2,21-20-27-13-6-3-7-14-27)34-41-24-29-17-10-5-11-18-29/h3-11,13-18,26,30,34H,12,19-25H2,1-2H3/q+1/t26?,30-,33?/m0/s1. The minimum Gasteiger partial charge on any atom is -0.459 e. The molecule has 0 radical (unpaired) electrons. The fourth-order valence-corrected chi connectivity index (χ4v) is 6.77. The van der Waals surface area contributed by atoms with E-state index in [1.54, 1.807) is 11.8 Å². The van der Waals surface area contributed by atoms with Crippen molar-refractivity contribution in [2.75, 3.05) is 19.8 Å². The van der Waals surface area contributed by atoms with Gasteiger partial charge in [-0.15, -0.1) is 5.48 Å². The number of carbonyl (C=O) groups is 2. The zero-order valence-electron chi connectivity index (χ0n) is 24.3. The normalized spacial score (nSPS) is 17.3. The Bertz CT molecular complexity index is 1290. The van der Waals surface area contributed by atoms with Crippen molar-refractivity contribution in [1.82, 2.24) is 10.4 Å². The van der Waals surface area contributed by atoms with E-state index in [0.29, 0.717) is 32.2 Å². The molecule has 1 aliphatic rings. The van der Waals surface area contributed by atoms with Crippen LogP contribution in [0.1, 0.15) is 42.9 Å². The van der Waals surface area contributed by atoms with Crippen molar-refractivity contribution in [2.45, 2.75) is 57.3 Å². The molecule has 0 spiro atoms. The number of esters is 1. The minimum absolute atomic E-state index is 0.0702. The quantitative estimate of drug-likeness (QED) is 0.103. The number of aryl methyl sites for hydroxylation is 1. The van der Waals surface area contributed by atoms with Crippen LogP contribution in [0.3, 0.4) is 0 Å². The molecular formula is C33H40N2O6P+. The zero-order chi connectivity index (χ0) is 29.8. The average molecular weight is 592 g/mol. The van der Waals surface area contributed by atoms with Crippen LogP contribution in [0.25, 0.3) is 0 Å². The largest absolute Gasteiger partial charge is 0.459 e. The molecule has 0 aliphatic carbocycles. The fraction of sp³-hybridized carbons (Fsp3) is 0.394. The summed E-state index contributed by atoms with van der Waals surface area (Å²) in [6.07, 6.45) is 2.30.